The van der Waals surface area contributed by atoms with Crippen LogP contribution in [0.2, 0.25) is 0 Å². The van der Waals surface area contributed by atoms with Gasteiger partial charge in [0.25, 0.3) is 0 Å². The van der Waals surface area contributed by atoms with Crippen LogP contribution in [0.25, 0.3) is 11.8 Å². The molecule has 2 heterocycles. The van der Waals surface area contributed by atoms with E-state index in [2.05, 4.69) is 4.98 Å². The Morgan fingerprint density at radius 1 is 1.12 bits per heavy atom. The van der Waals surface area contributed by atoms with Gasteiger partial charge in [-0.05, 0) is 67.7 Å². The number of piperidine rings is 1. The summed E-state index contributed by atoms with van der Waals surface area (Å²) in [7, 11) is 3.08. The van der Waals surface area contributed by atoms with Crippen molar-refractivity contribution in [3.63, 3.8) is 0 Å². The van der Waals surface area contributed by atoms with Crippen LogP contribution < -0.4 is 9.47 Å². The molecule has 0 spiro atoms. The lowest BCUT2D eigenvalue weighted by Gasteiger charge is -2.28. The molecule has 1 aromatic heterocycles. The van der Waals surface area contributed by atoms with Crippen molar-refractivity contribution >= 4 is 12.0 Å². The highest BCUT2D eigenvalue weighted by Gasteiger charge is 2.23. The number of rotatable bonds is 7. The van der Waals surface area contributed by atoms with E-state index in [1.807, 2.05) is 52.9 Å². The average Bonchev–Trinajstić information content (AvgIpc) is 3.25. The monoisotopic (exact) mass is 449 g/mol. The summed E-state index contributed by atoms with van der Waals surface area (Å²) >= 11 is 0. The van der Waals surface area contributed by atoms with Gasteiger partial charge in [0.2, 0.25) is 5.91 Å². The molecule has 1 fully saturated rings. The maximum atomic E-state index is 14.0. The van der Waals surface area contributed by atoms with Gasteiger partial charge in [0.1, 0.15) is 5.75 Å². The van der Waals surface area contributed by atoms with Crippen LogP contribution in [-0.2, 0) is 11.2 Å². The summed E-state index contributed by atoms with van der Waals surface area (Å²) < 4.78 is 26.4. The van der Waals surface area contributed by atoms with Crippen molar-refractivity contribution in [1.82, 2.24) is 14.5 Å². The predicted molar refractivity (Wildman–Crippen MR) is 125 cm³/mol. The van der Waals surface area contributed by atoms with E-state index >= 15 is 0 Å². The number of carbonyl (C=O) groups excluding carboxylic acids is 1. The predicted octanol–water partition coefficient (Wildman–Crippen LogP) is 4.59. The van der Waals surface area contributed by atoms with Crippen LogP contribution in [0, 0.1) is 12.7 Å². The van der Waals surface area contributed by atoms with Crippen LogP contribution >= 0.6 is 0 Å². The molecular weight excluding hydrogens is 421 g/mol. The first-order valence-electron chi connectivity index (χ1n) is 11.0. The van der Waals surface area contributed by atoms with E-state index in [1.165, 1.54) is 13.2 Å². The van der Waals surface area contributed by atoms with Crippen LogP contribution in [0.1, 0.15) is 29.7 Å². The number of imidazole rings is 1. The zero-order valence-electron chi connectivity index (χ0n) is 19.2. The van der Waals surface area contributed by atoms with Gasteiger partial charge in [0.05, 0.1) is 31.9 Å². The highest BCUT2D eigenvalue weighted by molar-refractivity contribution is 5.98. The van der Waals surface area contributed by atoms with Crippen molar-refractivity contribution in [1.29, 1.82) is 0 Å². The third kappa shape index (κ3) is 5.08. The molecule has 0 radical (unpaired) electrons. The Balaban J connectivity index is 1.48. The molecule has 1 aliphatic rings. The molecule has 0 aliphatic carbocycles. The second-order valence-electron chi connectivity index (χ2n) is 8.14. The topological polar surface area (TPSA) is 56.6 Å². The molecule has 1 saturated heterocycles. The van der Waals surface area contributed by atoms with Gasteiger partial charge >= 0.3 is 0 Å². The summed E-state index contributed by atoms with van der Waals surface area (Å²) in [5.41, 5.74) is 4.34. The van der Waals surface area contributed by atoms with E-state index in [4.69, 9.17) is 9.47 Å². The molecule has 1 amide bonds. The quantitative estimate of drug-likeness (QED) is 0.495. The lowest BCUT2D eigenvalue weighted by atomic mass is 10.00. The summed E-state index contributed by atoms with van der Waals surface area (Å²) in [6.45, 7) is 3.19. The number of carbonyl (C=O) groups is 1. The number of nitrogens with zero attached hydrogens (tertiary/aromatic N) is 3. The van der Waals surface area contributed by atoms with E-state index in [0.717, 1.165) is 40.9 Å². The minimum absolute atomic E-state index is 0.0310. The fourth-order valence-electron chi connectivity index (χ4n) is 4.10. The Kier molecular flexibility index (Phi) is 6.77. The zero-order chi connectivity index (χ0) is 23.4. The molecule has 4 rings (SSSR count). The maximum Gasteiger partial charge on any atom is 0.249 e. The van der Waals surface area contributed by atoms with E-state index in [-0.39, 0.29) is 17.5 Å². The number of aryl methyl sites for hydroxylation is 1. The molecule has 172 valence electrons. The Morgan fingerprint density at radius 2 is 1.94 bits per heavy atom. The first kappa shape index (κ1) is 22.6. The van der Waals surface area contributed by atoms with Gasteiger partial charge in [-0.3, -0.25) is 4.79 Å². The van der Waals surface area contributed by atoms with Gasteiger partial charge in [-0.2, -0.15) is 0 Å². The number of ether oxygens (including phenoxy) is 2. The number of hydrogen-bond acceptors (Lipinski definition) is 4. The summed E-state index contributed by atoms with van der Waals surface area (Å²) in [6, 6.07) is 10.8. The number of hydrogen-bond donors (Lipinski definition) is 0. The summed E-state index contributed by atoms with van der Waals surface area (Å²) in [4.78, 5) is 19.2. The number of methoxy groups -OCH3 is 2. The van der Waals surface area contributed by atoms with Crippen molar-refractivity contribution in [2.75, 3.05) is 27.3 Å². The Hall–Kier alpha value is -3.61. The number of amides is 1. The van der Waals surface area contributed by atoms with Crippen molar-refractivity contribution in [3.8, 4) is 17.2 Å². The highest BCUT2D eigenvalue weighted by atomic mass is 19.1. The zero-order valence-corrected chi connectivity index (χ0v) is 19.2. The smallest absolute Gasteiger partial charge is 0.249 e. The fourth-order valence-corrected chi connectivity index (χ4v) is 4.10. The summed E-state index contributed by atoms with van der Waals surface area (Å²) in [6.07, 6.45) is 7.85. The molecule has 1 aliphatic heterocycles. The second kappa shape index (κ2) is 9.90. The molecule has 6 nitrogen and oxygen atoms in total. The van der Waals surface area contributed by atoms with Crippen LogP contribution in [0.3, 0.4) is 0 Å². The van der Waals surface area contributed by atoms with Crippen molar-refractivity contribution < 1.29 is 18.7 Å². The molecule has 2 aromatic carbocycles. The van der Waals surface area contributed by atoms with Crippen LogP contribution in [0.4, 0.5) is 4.39 Å². The van der Waals surface area contributed by atoms with Gasteiger partial charge in [-0.25, -0.2) is 9.37 Å². The lowest BCUT2D eigenvalue weighted by Crippen LogP contribution is -2.38. The minimum atomic E-state index is -0.385. The average molecular weight is 450 g/mol. The van der Waals surface area contributed by atoms with Crippen molar-refractivity contribution in [3.05, 3.63) is 77.1 Å². The lowest BCUT2D eigenvalue weighted by molar-refractivity contribution is -0.128. The first-order chi connectivity index (χ1) is 16.0. The van der Waals surface area contributed by atoms with Crippen molar-refractivity contribution in [2.24, 2.45) is 0 Å². The van der Waals surface area contributed by atoms with Crippen molar-refractivity contribution in [2.45, 2.75) is 26.2 Å². The van der Waals surface area contributed by atoms with Crippen LogP contribution in [-0.4, -0.2) is 47.7 Å². The fraction of sp³-hybridized carbons (Fsp3) is 0.308. The highest BCUT2D eigenvalue weighted by Crippen LogP contribution is 2.27. The maximum absolute atomic E-state index is 14.0. The second-order valence-corrected chi connectivity index (χ2v) is 8.14. The molecule has 0 saturated carbocycles. The van der Waals surface area contributed by atoms with E-state index in [1.54, 1.807) is 19.5 Å². The standard InChI is InChI=1S/C26H28FN3O3/c1-18-16-30(17-28-18)23-8-6-20(15-25(23)33-3)13-21-5-4-11-29(26(21)31)12-10-19-7-9-24(32-2)22(27)14-19/h6-9,13-17H,4-5,10-12H2,1-3H3/b21-13+. The summed E-state index contributed by atoms with van der Waals surface area (Å²) in [5, 5.41) is 0. The number of halogens is 1. The normalized spacial score (nSPS) is 15.2. The molecule has 0 atom stereocenters. The Morgan fingerprint density at radius 3 is 2.64 bits per heavy atom. The third-order valence-corrected chi connectivity index (χ3v) is 5.86. The molecule has 7 heteroatoms. The van der Waals surface area contributed by atoms with Gasteiger partial charge in [-0.15, -0.1) is 0 Å². The van der Waals surface area contributed by atoms with Gasteiger partial charge in [-0.1, -0.05) is 12.1 Å². The largest absolute Gasteiger partial charge is 0.495 e. The first-order valence-corrected chi connectivity index (χ1v) is 11.0. The van der Waals surface area contributed by atoms with Crippen LogP contribution in [0.5, 0.6) is 11.5 Å². The molecular formula is C26H28FN3O3. The number of benzene rings is 2. The molecule has 0 N–H and O–H groups in total. The van der Waals surface area contributed by atoms with Gasteiger partial charge in [0, 0.05) is 24.9 Å². The minimum Gasteiger partial charge on any atom is -0.495 e. The molecule has 3 aromatic rings. The molecule has 33 heavy (non-hydrogen) atoms. The van der Waals surface area contributed by atoms with E-state index in [0.29, 0.717) is 25.3 Å². The van der Waals surface area contributed by atoms with Gasteiger partial charge < -0.3 is 18.9 Å². The van der Waals surface area contributed by atoms with E-state index in [9.17, 15) is 9.18 Å². The Labute approximate surface area is 193 Å². The number of aromatic nitrogens is 2. The SMILES string of the molecule is COc1ccc(CCN2CCC/C(=C\c3ccc(-n4cnc(C)c4)c(OC)c3)C2=O)cc1F. The Bertz CT molecular complexity index is 1190. The molecule has 0 unspecified atom stereocenters. The molecule has 0 bridgehead atoms. The number of likely N-dealkylation sites (tertiary alicyclic amines) is 1. The summed E-state index contributed by atoms with van der Waals surface area (Å²) in [5.74, 6) is 0.582. The van der Waals surface area contributed by atoms with Crippen LogP contribution in [0.15, 0.2) is 54.5 Å². The third-order valence-electron chi connectivity index (χ3n) is 5.86. The van der Waals surface area contributed by atoms with E-state index < -0.39 is 0 Å². The van der Waals surface area contributed by atoms with Gasteiger partial charge in [0.15, 0.2) is 11.6 Å².